The number of thiazole rings is 1. The standard InChI is InChI=1S/C19H23N7O5S/c1-28-12-8-11(9-13(29-2)15(12)30-3)22-19(27)31-26-6-4-25(5-7-26)16-14-17(32-10-21-14)24-18(20)23-16/h8-10H,4-7H2,1-3H3,(H,22,27)(H2,20,23,24). The van der Waals surface area contributed by atoms with Gasteiger partial charge in [-0.25, -0.2) is 14.8 Å². The lowest BCUT2D eigenvalue weighted by atomic mass is 10.2. The molecule has 1 fully saturated rings. The highest BCUT2D eigenvalue weighted by Gasteiger charge is 2.24. The van der Waals surface area contributed by atoms with Crippen molar-refractivity contribution in [1.82, 2.24) is 20.0 Å². The Balaban J connectivity index is 1.37. The number of piperazine rings is 1. The van der Waals surface area contributed by atoms with Gasteiger partial charge in [-0.3, -0.25) is 5.32 Å². The van der Waals surface area contributed by atoms with E-state index < -0.39 is 6.09 Å². The first-order valence-electron chi connectivity index (χ1n) is 9.68. The van der Waals surface area contributed by atoms with Crippen LogP contribution in [0, 0.1) is 0 Å². The third-order valence-electron chi connectivity index (χ3n) is 4.86. The number of carbonyl (C=O) groups is 1. The van der Waals surface area contributed by atoms with Crippen LogP contribution in [-0.2, 0) is 4.84 Å². The number of amides is 1. The number of aromatic nitrogens is 3. The van der Waals surface area contributed by atoms with Gasteiger partial charge in [-0.2, -0.15) is 4.98 Å². The van der Waals surface area contributed by atoms with Crippen LogP contribution in [-0.4, -0.2) is 73.6 Å². The van der Waals surface area contributed by atoms with Crippen molar-refractivity contribution in [2.45, 2.75) is 0 Å². The van der Waals surface area contributed by atoms with Crippen molar-refractivity contribution in [3.05, 3.63) is 17.6 Å². The molecule has 0 unspecified atom stereocenters. The zero-order valence-corrected chi connectivity index (χ0v) is 18.6. The summed E-state index contributed by atoms with van der Waals surface area (Å²) in [5, 5.41) is 4.27. The number of hydrogen-bond donors (Lipinski definition) is 2. The first-order valence-corrected chi connectivity index (χ1v) is 10.6. The number of nitrogens with two attached hydrogens (primary N) is 1. The third kappa shape index (κ3) is 4.38. The van der Waals surface area contributed by atoms with Crippen LogP contribution in [0.3, 0.4) is 0 Å². The van der Waals surface area contributed by atoms with Gasteiger partial charge in [0.15, 0.2) is 22.1 Å². The molecule has 1 aliphatic heterocycles. The fourth-order valence-corrected chi connectivity index (χ4v) is 4.05. The van der Waals surface area contributed by atoms with E-state index in [0.29, 0.717) is 54.9 Å². The van der Waals surface area contributed by atoms with Gasteiger partial charge in [0.2, 0.25) is 11.7 Å². The number of methoxy groups -OCH3 is 3. The predicted molar refractivity (Wildman–Crippen MR) is 120 cm³/mol. The summed E-state index contributed by atoms with van der Waals surface area (Å²) in [4.78, 5) is 33.6. The van der Waals surface area contributed by atoms with E-state index in [1.165, 1.54) is 32.7 Å². The van der Waals surface area contributed by atoms with Gasteiger partial charge in [0.05, 0.1) is 45.6 Å². The largest absolute Gasteiger partial charge is 0.493 e. The molecule has 1 amide bonds. The average molecular weight is 462 g/mol. The number of nitrogens with one attached hydrogen (secondary N) is 1. The number of carbonyl (C=O) groups excluding carboxylic acids is 1. The van der Waals surface area contributed by atoms with Crippen LogP contribution in [0.15, 0.2) is 17.6 Å². The molecule has 32 heavy (non-hydrogen) atoms. The lowest BCUT2D eigenvalue weighted by Crippen LogP contribution is -2.47. The Morgan fingerprint density at radius 2 is 1.75 bits per heavy atom. The maximum Gasteiger partial charge on any atom is 0.430 e. The number of hydrogen-bond acceptors (Lipinski definition) is 12. The van der Waals surface area contributed by atoms with Gasteiger partial charge < -0.3 is 29.7 Å². The maximum atomic E-state index is 12.4. The molecular formula is C19H23N7O5S. The molecule has 0 aliphatic carbocycles. The molecular weight excluding hydrogens is 438 g/mol. The molecule has 1 aromatic carbocycles. The molecule has 2 aromatic heterocycles. The Labute approximate surface area is 187 Å². The summed E-state index contributed by atoms with van der Waals surface area (Å²) < 4.78 is 15.9. The highest BCUT2D eigenvalue weighted by Crippen LogP contribution is 2.40. The quantitative estimate of drug-likeness (QED) is 0.557. The van der Waals surface area contributed by atoms with E-state index >= 15 is 0 Å². The van der Waals surface area contributed by atoms with Crippen LogP contribution in [0.25, 0.3) is 10.3 Å². The fraction of sp³-hybridized carbons (Fsp3) is 0.368. The van der Waals surface area contributed by atoms with E-state index in [1.807, 2.05) is 0 Å². The summed E-state index contributed by atoms with van der Waals surface area (Å²) in [6.07, 6.45) is -0.624. The van der Waals surface area contributed by atoms with Gasteiger partial charge in [0.25, 0.3) is 0 Å². The first-order chi connectivity index (χ1) is 15.5. The SMILES string of the molecule is COc1cc(NC(=O)ON2CCN(c3nc(N)nc4scnc34)CC2)cc(OC)c1OC. The third-order valence-corrected chi connectivity index (χ3v) is 5.58. The van der Waals surface area contributed by atoms with Crippen molar-refractivity contribution in [2.24, 2.45) is 0 Å². The fourth-order valence-electron chi connectivity index (χ4n) is 3.39. The average Bonchev–Trinajstić information content (AvgIpc) is 3.26. The number of hydroxylamine groups is 2. The Bertz CT molecular complexity index is 1090. The number of benzene rings is 1. The summed E-state index contributed by atoms with van der Waals surface area (Å²) in [7, 11) is 4.52. The number of rotatable bonds is 6. The highest BCUT2D eigenvalue weighted by molar-refractivity contribution is 7.16. The second-order valence-electron chi connectivity index (χ2n) is 6.75. The molecule has 0 spiro atoms. The van der Waals surface area contributed by atoms with Gasteiger partial charge in [-0.15, -0.1) is 16.4 Å². The van der Waals surface area contributed by atoms with E-state index in [2.05, 4.69) is 25.2 Å². The second-order valence-corrected chi connectivity index (χ2v) is 7.58. The monoisotopic (exact) mass is 461 g/mol. The molecule has 3 aromatic rings. The van der Waals surface area contributed by atoms with Crippen LogP contribution in [0.1, 0.15) is 0 Å². The van der Waals surface area contributed by atoms with Crippen molar-refractivity contribution in [2.75, 3.05) is 63.5 Å². The number of fused-ring (bicyclic) bond motifs is 1. The molecule has 170 valence electrons. The Morgan fingerprint density at radius 1 is 1.06 bits per heavy atom. The van der Waals surface area contributed by atoms with Gasteiger partial charge in [0, 0.05) is 25.2 Å². The van der Waals surface area contributed by atoms with Gasteiger partial charge in [-0.1, -0.05) is 0 Å². The Morgan fingerprint density at radius 3 is 2.38 bits per heavy atom. The van der Waals surface area contributed by atoms with Crippen LogP contribution in [0.2, 0.25) is 0 Å². The second kappa shape index (κ2) is 9.28. The van der Waals surface area contributed by atoms with Crippen molar-refractivity contribution < 1.29 is 23.8 Å². The van der Waals surface area contributed by atoms with Crippen molar-refractivity contribution in [3.8, 4) is 17.2 Å². The number of ether oxygens (including phenoxy) is 3. The van der Waals surface area contributed by atoms with Crippen molar-refractivity contribution in [3.63, 3.8) is 0 Å². The molecule has 3 heterocycles. The maximum absolute atomic E-state index is 12.4. The minimum Gasteiger partial charge on any atom is -0.493 e. The van der Waals surface area contributed by atoms with E-state index in [1.54, 1.807) is 22.7 Å². The van der Waals surface area contributed by atoms with Crippen LogP contribution < -0.4 is 30.2 Å². The number of anilines is 3. The molecule has 1 aliphatic rings. The summed E-state index contributed by atoms with van der Waals surface area (Å²) in [6.45, 7) is 2.14. The molecule has 12 nitrogen and oxygen atoms in total. The lowest BCUT2D eigenvalue weighted by molar-refractivity contribution is -0.0966. The molecule has 13 heteroatoms. The van der Waals surface area contributed by atoms with Crippen LogP contribution in [0.5, 0.6) is 17.2 Å². The normalized spacial score (nSPS) is 14.3. The zero-order chi connectivity index (χ0) is 22.7. The van der Waals surface area contributed by atoms with Gasteiger partial charge in [0.1, 0.15) is 5.52 Å². The number of nitrogen functional groups attached to an aromatic ring is 1. The smallest absolute Gasteiger partial charge is 0.430 e. The van der Waals surface area contributed by atoms with E-state index in [0.717, 1.165) is 10.3 Å². The molecule has 0 radical (unpaired) electrons. The van der Waals surface area contributed by atoms with E-state index in [-0.39, 0.29) is 5.95 Å². The molecule has 3 N–H and O–H groups in total. The van der Waals surface area contributed by atoms with Gasteiger partial charge >= 0.3 is 6.09 Å². The van der Waals surface area contributed by atoms with E-state index in [4.69, 9.17) is 24.8 Å². The van der Waals surface area contributed by atoms with Crippen LogP contribution in [0.4, 0.5) is 22.2 Å². The molecule has 0 saturated carbocycles. The van der Waals surface area contributed by atoms with Crippen LogP contribution >= 0.6 is 11.3 Å². The first kappa shape index (κ1) is 21.6. The molecule has 1 saturated heterocycles. The molecule has 0 bridgehead atoms. The number of nitrogens with zero attached hydrogens (tertiary/aromatic N) is 5. The lowest BCUT2D eigenvalue weighted by Gasteiger charge is -2.33. The summed E-state index contributed by atoms with van der Waals surface area (Å²) >= 11 is 1.41. The Kier molecular flexibility index (Phi) is 6.28. The zero-order valence-electron chi connectivity index (χ0n) is 17.8. The minimum absolute atomic E-state index is 0.208. The van der Waals surface area contributed by atoms with Crippen molar-refractivity contribution >= 4 is 45.2 Å². The topological polar surface area (TPSA) is 137 Å². The summed E-state index contributed by atoms with van der Waals surface area (Å²) in [5.41, 5.74) is 8.72. The molecule has 0 atom stereocenters. The van der Waals surface area contributed by atoms with E-state index in [9.17, 15) is 4.79 Å². The Hall–Kier alpha value is -3.58. The highest BCUT2D eigenvalue weighted by atomic mass is 32.1. The predicted octanol–water partition coefficient (Wildman–Crippen LogP) is 1.98. The van der Waals surface area contributed by atoms with Crippen molar-refractivity contribution in [1.29, 1.82) is 0 Å². The van der Waals surface area contributed by atoms with Gasteiger partial charge in [-0.05, 0) is 0 Å². The summed E-state index contributed by atoms with van der Waals surface area (Å²) in [5.74, 6) is 2.18. The summed E-state index contributed by atoms with van der Waals surface area (Å²) in [6, 6.07) is 3.25. The molecule has 4 rings (SSSR count). The minimum atomic E-state index is -0.624.